The first-order chi connectivity index (χ1) is 10.9. The topological polar surface area (TPSA) is 37.3 Å². The van der Waals surface area contributed by atoms with Crippen molar-refractivity contribution in [3.8, 4) is 0 Å². The van der Waals surface area contributed by atoms with Gasteiger partial charge in [0, 0.05) is 0 Å². The average molecular weight is 314 g/mol. The van der Waals surface area contributed by atoms with E-state index in [-0.39, 0.29) is 17.3 Å². The quantitative estimate of drug-likeness (QED) is 0.727. The van der Waals surface area contributed by atoms with Gasteiger partial charge in [-0.15, -0.1) is 0 Å². The second kappa shape index (κ2) is 5.05. The van der Waals surface area contributed by atoms with E-state index >= 15 is 0 Å². The van der Waals surface area contributed by atoms with Gasteiger partial charge in [-0.05, 0) is 86.0 Å². The summed E-state index contributed by atoms with van der Waals surface area (Å²) in [6.45, 7) is 6.55. The average Bonchev–Trinajstić information content (AvgIpc) is 2.85. The fraction of sp³-hybridized carbons (Fsp3) is 0.762. The summed E-state index contributed by atoms with van der Waals surface area (Å²) in [4.78, 5) is 12.1. The van der Waals surface area contributed by atoms with Crippen molar-refractivity contribution >= 4 is 5.78 Å². The molecule has 0 aromatic carbocycles. The minimum Gasteiger partial charge on any atom is -0.393 e. The van der Waals surface area contributed by atoms with Gasteiger partial charge in [0.05, 0.1) is 6.10 Å². The lowest BCUT2D eigenvalue weighted by Crippen LogP contribution is -2.50. The molecule has 0 aromatic rings. The van der Waals surface area contributed by atoms with Gasteiger partial charge < -0.3 is 5.11 Å². The van der Waals surface area contributed by atoms with Crippen molar-refractivity contribution in [3.63, 3.8) is 0 Å². The highest BCUT2D eigenvalue weighted by Gasteiger charge is 2.57. The second-order valence-corrected chi connectivity index (χ2v) is 9.02. The summed E-state index contributed by atoms with van der Waals surface area (Å²) in [5.74, 6) is 2.38. The number of carbonyl (C=O) groups is 1. The molecule has 0 spiro atoms. The molecular weight excluding hydrogens is 284 g/mol. The van der Waals surface area contributed by atoms with Gasteiger partial charge in [-0.1, -0.05) is 31.6 Å². The van der Waals surface area contributed by atoms with Crippen LogP contribution in [0.2, 0.25) is 0 Å². The van der Waals surface area contributed by atoms with Crippen molar-refractivity contribution in [1.29, 1.82) is 0 Å². The first-order valence-corrected chi connectivity index (χ1v) is 9.45. The number of Topliss-reactive ketones (excluding diaryl/α,β-unsaturated/α-hetero) is 1. The lowest BCUT2D eigenvalue weighted by atomic mass is 9.47. The fourth-order valence-corrected chi connectivity index (χ4v) is 6.75. The van der Waals surface area contributed by atoms with E-state index in [0.29, 0.717) is 17.3 Å². The molecule has 6 atom stereocenters. The first kappa shape index (κ1) is 15.6. The number of carbonyl (C=O) groups excluding carboxylic acids is 1. The van der Waals surface area contributed by atoms with Crippen LogP contribution in [0.1, 0.15) is 65.7 Å². The van der Waals surface area contributed by atoms with Crippen LogP contribution in [0.15, 0.2) is 23.3 Å². The molecular formula is C21H30O2. The van der Waals surface area contributed by atoms with Crippen molar-refractivity contribution in [2.45, 2.75) is 71.8 Å². The fourth-order valence-electron chi connectivity index (χ4n) is 6.75. The molecule has 0 aromatic heterocycles. The zero-order chi connectivity index (χ0) is 16.4. The molecule has 2 unspecified atom stereocenters. The molecule has 2 heteroatoms. The maximum atomic E-state index is 12.1. The Morgan fingerprint density at radius 3 is 2.57 bits per heavy atom. The molecule has 2 fully saturated rings. The highest BCUT2D eigenvalue weighted by atomic mass is 16.3. The summed E-state index contributed by atoms with van der Waals surface area (Å²) in [7, 11) is 0. The van der Waals surface area contributed by atoms with Crippen molar-refractivity contribution in [2.24, 2.45) is 28.6 Å². The Bertz CT molecular complexity index is 601. The second-order valence-electron chi connectivity index (χ2n) is 9.02. The molecule has 0 radical (unpaired) electrons. The summed E-state index contributed by atoms with van der Waals surface area (Å²) in [6.07, 6.45) is 12.2. The lowest BCUT2D eigenvalue weighted by Gasteiger charge is -2.57. The smallest absolute Gasteiger partial charge is 0.156 e. The van der Waals surface area contributed by atoms with Gasteiger partial charge in [0.1, 0.15) is 0 Å². The predicted molar refractivity (Wildman–Crippen MR) is 91.9 cm³/mol. The van der Waals surface area contributed by atoms with Crippen LogP contribution in [0, 0.1) is 28.6 Å². The lowest BCUT2D eigenvalue weighted by molar-refractivity contribution is -0.115. The van der Waals surface area contributed by atoms with Crippen molar-refractivity contribution in [2.75, 3.05) is 0 Å². The van der Waals surface area contributed by atoms with Gasteiger partial charge in [0.25, 0.3) is 0 Å². The summed E-state index contributed by atoms with van der Waals surface area (Å²) < 4.78 is 0. The van der Waals surface area contributed by atoms with Gasteiger partial charge in [0.2, 0.25) is 0 Å². The monoisotopic (exact) mass is 314 g/mol. The molecule has 4 aliphatic rings. The number of hydrogen-bond donors (Lipinski definition) is 1. The molecule has 0 bridgehead atoms. The molecule has 23 heavy (non-hydrogen) atoms. The first-order valence-electron chi connectivity index (χ1n) is 9.45. The predicted octanol–water partition coefficient (Wildman–Crippen LogP) is 4.44. The molecule has 2 nitrogen and oxygen atoms in total. The number of aliphatic hydroxyl groups is 1. The molecule has 0 aliphatic heterocycles. The zero-order valence-corrected chi connectivity index (χ0v) is 14.8. The van der Waals surface area contributed by atoms with Gasteiger partial charge in [-0.3, -0.25) is 4.79 Å². The number of aliphatic hydroxyl groups excluding tert-OH is 1. The Labute approximate surface area is 140 Å². The molecule has 0 amide bonds. The number of ketones is 1. The molecule has 0 saturated heterocycles. The normalized spacial score (nSPS) is 48.7. The third-order valence-electron chi connectivity index (χ3n) is 8.04. The zero-order valence-electron chi connectivity index (χ0n) is 14.8. The number of hydrogen-bond acceptors (Lipinski definition) is 2. The van der Waals surface area contributed by atoms with Crippen LogP contribution in [0.3, 0.4) is 0 Å². The maximum Gasteiger partial charge on any atom is 0.156 e. The van der Waals surface area contributed by atoms with Crippen LogP contribution in [0.4, 0.5) is 0 Å². The van der Waals surface area contributed by atoms with Crippen molar-refractivity contribution in [1.82, 2.24) is 0 Å². The molecule has 2 saturated carbocycles. The minimum absolute atomic E-state index is 0.114. The van der Waals surface area contributed by atoms with E-state index in [2.05, 4.69) is 26.0 Å². The minimum atomic E-state index is -0.128. The highest BCUT2D eigenvalue weighted by molar-refractivity contribution is 5.95. The Balaban J connectivity index is 1.67. The van der Waals surface area contributed by atoms with E-state index in [1.165, 1.54) is 12.0 Å². The van der Waals surface area contributed by atoms with Crippen LogP contribution in [0.5, 0.6) is 0 Å². The van der Waals surface area contributed by atoms with E-state index in [1.807, 2.05) is 0 Å². The molecule has 4 rings (SSSR count). The van der Waals surface area contributed by atoms with Gasteiger partial charge in [0.15, 0.2) is 5.78 Å². The third kappa shape index (κ3) is 2.06. The maximum absolute atomic E-state index is 12.1. The van der Waals surface area contributed by atoms with Crippen molar-refractivity contribution < 1.29 is 9.90 Å². The summed E-state index contributed by atoms with van der Waals surface area (Å²) in [6, 6.07) is 0. The number of fused-ring (bicyclic) bond motifs is 5. The van der Waals surface area contributed by atoms with Crippen molar-refractivity contribution in [3.05, 3.63) is 23.3 Å². The van der Waals surface area contributed by atoms with Crippen LogP contribution >= 0.6 is 0 Å². The number of allylic oxidation sites excluding steroid dienone is 3. The summed E-state index contributed by atoms with van der Waals surface area (Å²) in [5, 5.41) is 10.1. The molecule has 0 heterocycles. The highest BCUT2D eigenvalue weighted by Crippen LogP contribution is 2.64. The van der Waals surface area contributed by atoms with E-state index in [4.69, 9.17) is 0 Å². The van der Waals surface area contributed by atoms with E-state index in [1.54, 1.807) is 6.92 Å². The van der Waals surface area contributed by atoms with E-state index in [0.717, 1.165) is 50.0 Å². The summed E-state index contributed by atoms with van der Waals surface area (Å²) >= 11 is 0. The van der Waals surface area contributed by atoms with Gasteiger partial charge >= 0.3 is 0 Å². The van der Waals surface area contributed by atoms with Crippen LogP contribution in [-0.4, -0.2) is 17.0 Å². The van der Waals surface area contributed by atoms with Crippen LogP contribution in [-0.2, 0) is 4.79 Å². The Hall–Kier alpha value is -0.890. The Kier molecular flexibility index (Phi) is 3.43. The Morgan fingerprint density at radius 1 is 1.09 bits per heavy atom. The van der Waals surface area contributed by atoms with Gasteiger partial charge in [-0.2, -0.15) is 0 Å². The number of rotatable bonds is 1. The van der Waals surface area contributed by atoms with E-state index < -0.39 is 0 Å². The third-order valence-corrected chi connectivity index (χ3v) is 8.04. The largest absolute Gasteiger partial charge is 0.393 e. The van der Waals surface area contributed by atoms with E-state index in [9.17, 15) is 9.90 Å². The Morgan fingerprint density at radius 2 is 1.83 bits per heavy atom. The van der Waals surface area contributed by atoms with Gasteiger partial charge in [-0.25, -0.2) is 0 Å². The molecule has 1 N–H and O–H groups in total. The van der Waals surface area contributed by atoms with Crippen LogP contribution in [0.25, 0.3) is 0 Å². The summed E-state index contributed by atoms with van der Waals surface area (Å²) in [5.41, 5.74) is 3.05. The van der Waals surface area contributed by atoms with Crippen LogP contribution < -0.4 is 0 Å². The molecule has 126 valence electrons. The molecule has 4 aliphatic carbocycles. The SMILES string of the molecule is CC(=O)C1=CCC2[C@@H]3CC=C4C[C@H](O)CC[C@]4(C)C3CC[C@]12C. The standard InChI is InChI=1S/C21H30O2/c1-13(22)17-6-7-18-16-5-4-14-12-15(23)8-10-20(14,2)19(16)9-11-21(17,18)3/h4,6,15-16,18-19,23H,5,7-12H2,1-3H3/t15-,16+,18?,19?,20+,21-/m1/s1.